The van der Waals surface area contributed by atoms with Gasteiger partial charge in [-0.3, -0.25) is 9.59 Å². The fourth-order valence-corrected chi connectivity index (χ4v) is 3.67. The predicted molar refractivity (Wildman–Crippen MR) is 130 cm³/mol. The second-order valence-corrected chi connectivity index (χ2v) is 8.01. The Hall–Kier alpha value is -4.60. The van der Waals surface area contributed by atoms with E-state index in [4.69, 9.17) is 9.26 Å². The molecule has 1 N–H and O–H groups in total. The van der Waals surface area contributed by atoms with E-state index in [1.165, 1.54) is 28.8 Å². The molecule has 0 aliphatic carbocycles. The van der Waals surface area contributed by atoms with E-state index in [9.17, 15) is 18.8 Å². The number of nitrogens with zero attached hydrogens (tertiary/aromatic N) is 3. The predicted octanol–water partition coefficient (Wildman–Crippen LogP) is 4.14. The van der Waals surface area contributed by atoms with Crippen molar-refractivity contribution in [3.63, 3.8) is 0 Å². The SMILES string of the molecule is CCOC(=O)c1ccc(NC(=O)Cn2c(C)cc(C)c(-c3nc(-c4ccc(F)cc4)no3)c2=O)cc1. The van der Waals surface area contributed by atoms with E-state index < -0.39 is 23.3 Å². The molecular weight excluding hydrogens is 467 g/mol. The second kappa shape index (κ2) is 10.3. The lowest BCUT2D eigenvalue weighted by Gasteiger charge is -2.13. The molecule has 0 saturated carbocycles. The molecular formula is C26H23FN4O5. The molecule has 2 aromatic heterocycles. The molecule has 0 saturated heterocycles. The number of carbonyl (C=O) groups is 2. The molecule has 0 spiro atoms. The summed E-state index contributed by atoms with van der Waals surface area (Å²) in [5.74, 6) is -1.07. The van der Waals surface area contributed by atoms with E-state index >= 15 is 0 Å². The highest BCUT2D eigenvalue weighted by Gasteiger charge is 2.20. The van der Waals surface area contributed by atoms with Crippen molar-refractivity contribution in [2.24, 2.45) is 0 Å². The Morgan fingerprint density at radius 3 is 2.44 bits per heavy atom. The molecule has 2 heterocycles. The van der Waals surface area contributed by atoms with Crippen LogP contribution < -0.4 is 10.9 Å². The lowest BCUT2D eigenvalue weighted by molar-refractivity contribution is -0.116. The van der Waals surface area contributed by atoms with Crippen LogP contribution >= 0.6 is 0 Å². The zero-order chi connectivity index (χ0) is 25.8. The molecule has 0 fully saturated rings. The van der Waals surface area contributed by atoms with Crippen molar-refractivity contribution in [2.45, 2.75) is 27.3 Å². The first-order valence-corrected chi connectivity index (χ1v) is 11.1. The number of esters is 1. The highest BCUT2D eigenvalue weighted by Crippen LogP contribution is 2.23. The topological polar surface area (TPSA) is 116 Å². The lowest BCUT2D eigenvalue weighted by Crippen LogP contribution is -2.30. The summed E-state index contributed by atoms with van der Waals surface area (Å²) in [4.78, 5) is 42.1. The average Bonchev–Trinajstić information content (AvgIpc) is 3.32. The molecule has 184 valence electrons. The van der Waals surface area contributed by atoms with Gasteiger partial charge < -0.3 is 19.1 Å². The standard InChI is InChI=1S/C26H23FN4O5/c1-4-35-26(34)18-7-11-20(12-8-18)28-21(32)14-31-16(3)13-15(2)22(25(31)33)24-29-23(30-36-24)17-5-9-19(27)10-6-17/h5-13H,4,14H2,1-3H3,(H,28,32). The van der Waals surface area contributed by atoms with Crippen LogP contribution in [0.5, 0.6) is 0 Å². The molecule has 9 nitrogen and oxygen atoms in total. The van der Waals surface area contributed by atoms with Crippen LogP contribution in [-0.4, -0.2) is 33.2 Å². The molecule has 1 amide bonds. The number of anilines is 1. The fraction of sp³-hybridized carbons (Fsp3) is 0.192. The number of rotatable bonds is 7. The number of hydrogen-bond donors (Lipinski definition) is 1. The molecule has 0 aliphatic rings. The Labute approximate surface area is 205 Å². The van der Waals surface area contributed by atoms with Gasteiger partial charge in [-0.25, -0.2) is 9.18 Å². The third-order valence-corrected chi connectivity index (χ3v) is 5.43. The van der Waals surface area contributed by atoms with Gasteiger partial charge in [0.25, 0.3) is 11.4 Å². The van der Waals surface area contributed by atoms with Crippen molar-refractivity contribution in [3.05, 3.63) is 87.6 Å². The summed E-state index contributed by atoms with van der Waals surface area (Å²) in [6.45, 7) is 5.19. The van der Waals surface area contributed by atoms with E-state index in [-0.39, 0.29) is 30.4 Å². The number of pyridine rings is 1. The maximum atomic E-state index is 13.3. The monoisotopic (exact) mass is 490 g/mol. The van der Waals surface area contributed by atoms with Gasteiger partial charge in [0.15, 0.2) is 0 Å². The molecule has 0 aliphatic heterocycles. The maximum absolute atomic E-state index is 13.3. The summed E-state index contributed by atoms with van der Waals surface area (Å²) in [7, 11) is 0. The molecule has 10 heteroatoms. The van der Waals surface area contributed by atoms with Crippen LogP contribution in [-0.2, 0) is 16.1 Å². The minimum Gasteiger partial charge on any atom is -0.462 e. The number of amides is 1. The third-order valence-electron chi connectivity index (χ3n) is 5.43. The molecule has 4 aromatic rings. The van der Waals surface area contributed by atoms with E-state index in [1.807, 2.05) is 0 Å². The van der Waals surface area contributed by atoms with E-state index in [0.29, 0.717) is 28.1 Å². The smallest absolute Gasteiger partial charge is 0.338 e. The summed E-state index contributed by atoms with van der Waals surface area (Å²) in [5.41, 5.74) is 2.26. The van der Waals surface area contributed by atoms with Crippen molar-refractivity contribution in [1.29, 1.82) is 0 Å². The van der Waals surface area contributed by atoms with Gasteiger partial charge in [-0.2, -0.15) is 4.98 Å². The van der Waals surface area contributed by atoms with Crippen LogP contribution in [0, 0.1) is 19.7 Å². The van der Waals surface area contributed by atoms with Crippen LogP contribution in [0.15, 0.2) is 63.9 Å². The Bertz CT molecular complexity index is 1470. The summed E-state index contributed by atoms with van der Waals surface area (Å²) in [6, 6.07) is 13.6. The Kier molecular flexibility index (Phi) is 7.05. The largest absolute Gasteiger partial charge is 0.462 e. The Balaban J connectivity index is 1.56. The number of carbonyl (C=O) groups excluding carboxylic acids is 2. The van der Waals surface area contributed by atoms with Crippen LogP contribution in [0.2, 0.25) is 0 Å². The Morgan fingerprint density at radius 1 is 1.08 bits per heavy atom. The van der Waals surface area contributed by atoms with Crippen molar-refractivity contribution in [3.8, 4) is 22.8 Å². The van der Waals surface area contributed by atoms with Gasteiger partial charge in [0.05, 0.1) is 12.2 Å². The number of hydrogen-bond acceptors (Lipinski definition) is 7. The molecule has 0 atom stereocenters. The van der Waals surface area contributed by atoms with Crippen LogP contribution in [0.25, 0.3) is 22.8 Å². The van der Waals surface area contributed by atoms with Crippen molar-refractivity contribution >= 4 is 17.6 Å². The summed E-state index contributed by atoms with van der Waals surface area (Å²) >= 11 is 0. The first kappa shape index (κ1) is 24.5. The average molecular weight is 490 g/mol. The van der Waals surface area contributed by atoms with Crippen molar-refractivity contribution < 1.29 is 23.2 Å². The van der Waals surface area contributed by atoms with Gasteiger partial charge in [0.2, 0.25) is 11.7 Å². The Morgan fingerprint density at radius 2 is 1.78 bits per heavy atom. The summed E-state index contributed by atoms with van der Waals surface area (Å²) in [5, 5.41) is 6.62. The van der Waals surface area contributed by atoms with E-state index in [0.717, 1.165) is 0 Å². The van der Waals surface area contributed by atoms with Crippen LogP contribution in [0.4, 0.5) is 10.1 Å². The summed E-state index contributed by atoms with van der Waals surface area (Å²) < 4.78 is 24.8. The quantitative estimate of drug-likeness (QED) is 0.387. The second-order valence-electron chi connectivity index (χ2n) is 8.01. The first-order chi connectivity index (χ1) is 17.3. The maximum Gasteiger partial charge on any atom is 0.338 e. The number of aromatic nitrogens is 3. The van der Waals surface area contributed by atoms with E-state index in [1.54, 1.807) is 51.1 Å². The highest BCUT2D eigenvalue weighted by molar-refractivity contribution is 5.93. The molecule has 2 aromatic carbocycles. The molecule has 4 rings (SSSR count). The zero-order valence-corrected chi connectivity index (χ0v) is 19.9. The van der Waals surface area contributed by atoms with Crippen molar-refractivity contribution in [2.75, 3.05) is 11.9 Å². The summed E-state index contributed by atoms with van der Waals surface area (Å²) in [6.07, 6.45) is 0. The van der Waals surface area contributed by atoms with Gasteiger partial charge in [0, 0.05) is 16.9 Å². The van der Waals surface area contributed by atoms with Crippen molar-refractivity contribution in [1.82, 2.24) is 14.7 Å². The molecule has 0 unspecified atom stereocenters. The third kappa shape index (κ3) is 5.22. The van der Waals surface area contributed by atoms with Crippen LogP contribution in [0.1, 0.15) is 28.5 Å². The van der Waals surface area contributed by atoms with Crippen LogP contribution in [0.3, 0.4) is 0 Å². The zero-order valence-electron chi connectivity index (χ0n) is 19.9. The van der Waals surface area contributed by atoms with Gasteiger partial charge in [0.1, 0.15) is 17.9 Å². The van der Waals surface area contributed by atoms with E-state index in [2.05, 4.69) is 15.5 Å². The highest BCUT2D eigenvalue weighted by atomic mass is 19.1. The van der Waals surface area contributed by atoms with Gasteiger partial charge in [-0.05, 0) is 80.9 Å². The number of nitrogens with one attached hydrogen (secondary N) is 1. The lowest BCUT2D eigenvalue weighted by atomic mass is 10.1. The molecule has 0 bridgehead atoms. The number of benzene rings is 2. The first-order valence-electron chi connectivity index (χ1n) is 11.1. The van der Waals surface area contributed by atoms with Gasteiger partial charge >= 0.3 is 5.97 Å². The fourth-order valence-electron chi connectivity index (χ4n) is 3.67. The minimum atomic E-state index is -0.463. The number of aryl methyl sites for hydroxylation is 2. The van der Waals surface area contributed by atoms with Gasteiger partial charge in [-0.15, -0.1) is 0 Å². The molecule has 36 heavy (non-hydrogen) atoms. The number of halogens is 1. The normalized spacial score (nSPS) is 10.8. The number of ether oxygens (including phenoxy) is 1. The van der Waals surface area contributed by atoms with Gasteiger partial charge in [-0.1, -0.05) is 5.16 Å². The minimum absolute atomic E-state index is 0.000497. The molecule has 0 radical (unpaired) electrons.